The van der Waals surface area contributed by atoms with E-state index in [1.54, 1.807) is 62.4 Å². The fourth-order valence-corrected chi connectivity index (χ4v) is 5.59. The van der Waals surface area contributed by atoms with Crippen LogP contribution in [0.1, 0.15) is 46.7 Å². The largest absolute Gasteiger partial charge is 0.738 e. The highest BCUT2D eigenvalue weighted by atomic mass is 19.2. The highest BCUT2D eigenvalue weighted by molar-refractivity contribution is 6.63. The summed E-state index contributed by atoms with van der Waals surface area (Å²) >= 11 is 0. The summed E-state index contributed by atoms with van der Waals surface area (Å²) in [6, 6.07) is 22.8. The van der Waals surface area contributed by atoms with Gasteiger partial charge in [0.15, 0.2) is 5.70 Å². The van der Waals surface area contributed by atoms with E-state index in [0.717, 1.165) is 8.96 Å². The summed E-state index contributed by atoms with van der Waals surface area (Å²) in [4.78, 5) is 26.5. The van der Waals surface area contributed by atoms with Gasteiger partial charge in [-0.1, -0.05) is 66.7 Å². The molecule has 0 saturated carbocycles. The number of nitrogens with zero attached hydrogens (tertiary/aromatic N) is 2. The summed E-state index contributed by atoms with van der Waals surface area (Å²) in [6.07, 6.45) is 0. The molecule has 38 heavy (non-hydrogen) atoms. The first-order valence-electron chi connectivity index (χ1n) is 12.5. The van der Waals surface area contributed by atoms with Gasteiger partial charge < -0.3 is 27.1 Å². The third kappa shape index (κ3) is 3.21. The Balaban J connectivity index is 1.86. The molecular weight excluding hydrogens is 489 g/mol. The molecule has 0 atom stereocenters. The van der Waals surface area contributed by atoms with Crippen LogP contribution in [-0.4, -0.2) is 46.8 Å². The summed E-state index contributed by atoms with van der Waals surface area (Å²) in [5, 5.41) is 0.842. The van der Waals surface area contributed by atoms with Crippen molar-refractivity contribution in [2.75, 3.05) is 13.2 Å². The number of esters is 2. The topological polar surface area (TPSA) is 60.5 Å². The van der Waals surface area contributed by atoms with Gasteiger partial charge in [0.25, 0.3) is 5.71 Å². The Morgan fingerprint density at radius 2 is 1.37 bits per heavy atom. The van der Waals surface area contributed by atoms with Gasteiger partial charge in [-0.3, -0.25) is 0 Å². The van der Waals surface area contributed by atoms with E-state index in [1.165, 1.54) is 0 Å². The Labute approximate surface area is 217 Å². The molecule has 3 aromatic carbocycles. The molecule has 0 N–H and O–H groups in total. The zero-order chi connectivity index (χ0) is 26.6. The van der Waals surface area contributed by atoms with Crippen LogP contribution in [0.4, 0.5) is 8.63 Å². The molecule has 0 aliphatic carbocycles. The molecule has 0 bridgehead atoms. The molecule has 4 aromatic rings. The molecule has 3 heterocycles. The molecule has 0 fully saturated rings. The molecule has 0 amide bonds. The summed E-state index contributed by atoms with van der Waals surface area (Å²) in [6.45, 7) is -1.45. The fourth-order valence-electron chi connectivity index (χ4n) is 5.59. The van der Waals surface area contributed by atoms with Gasteiger partial charge in [0.1, 0.15) is 5.69 Å². The summed E-state index contributed by atoms with van der Waals surface area (Å²) in [5.41, 5.74) is 1.88. The van der Waals surface area contributed by atoms with Crippen LogP contribution in [0.2, 0.25) is 0 Å². The number of hydrogen-bond donors (Lipinski definition) is 0. The zero-order valence-electron chi connectivity index (χ0n) is 20.8. The summed E-state index contributed by atoms with van der Waals surface area (Å²) in [5.74, 6) is -1.72. The number of carbonyl (C=O) groups is 2. The third-order valence-electron chi connectivity index (χ3n) is 6.93. The van der Waals surface area contributed by atoms with E-state index < -0.39 is 18.9 Å². The predicted octanol–water partition coefficient (Wildman–Crippen LogP) is 5.35. The number of carbonyl (C=O) groups excluding carboxylic acids is 2. The molecule has 2 aliphatic rings. The lowest BCUT2D eigenvalue weighted by atomic mass is 9.84. The minimum absolute atomic E-state index is 0.0221. The second kappa shape index (κ2) is 8.80. The van der Waals surface area contributed by atoms with Crippen molar-refractivity contribution in [1.29, 1.82) is 0 Å². The average Bonchev–Trinajstić information content (AvgIpc) is 3.46. The van der Waals surface area contributed by atoms with E-state index in [9.17, 15) is 9.59 Å². The summed E-state index contributed by atoms with van der Waals surface area (Å²) in [7, 11) is 0. The first-order valence-corrected chi connectivity index (χ1v) is 12.5. The van der Waals surface area contributed by atoms with Crippen LogP contribution >= 0.6 is 0 Å². The van der Waals surface area contributed by atoms with Crippen LogP contribution in [0.3, 0.4) is 0 Å². The SMILES string of the molecule is CCOC(=O)C1=[N+]2C(=C(c3ccccc3)c3c4ccccc4c(C(=O)OCC)n3[B-]2(F)F)c2ccccc21. The number of halogens is 2. The Bertz CT molecular complexity index is 1710. The van der Waals surface area contributed by atoms with Crippen LogP contribution < -0.4 is 0 Å². The molecule has 0 radical (unpaired) electrons. The molecule has 9 heteroatoms. The lowest BCUT2D eigenvalue weighted by molar-refractivity contribution is -0.319. The monoisotopic (exact) mass is 512 g/mol. The lowest BCUT2D eigenvalue weighted by Crippen LogP contribution is -2.52. The number of rotatable bonds is 5. The zero-order valence-corrected chi connectivity index (χ0v) is 20.8. The molecule has 0 spiro atoms. The predicted molar refractivity (Wildman–Crippen MR) is 141 cm³/mol. The van der Waals surface area contributed by atoms with Gasteiger partial charge in [-0.15, -0.1) is 0 Å². The van der Waals surface area contributed by atoms with Crippen LogP contribution in [0.15, 0.2) is 78.9 Å². The highest BCUT2D eigenvalue weighted by Gasteiger charge is 2.59. The normalized spacial score (nSPS) is 15.3. The first kappa shape index (κ1) is 23.8. The minimum Gasteiger partial charge on any atom is -0.461 e. The Hall–Kier alpha value is -4.53. The number of ether oxygens (including phenoxy) is 2. The van der Waals surface area contributed by atoms with E-state index in [0.29, 0.717) is 33.0 Å². The lowest BCUT2D eigenvalue weighted by Gasteiger charge is -2.33. The smallest absolute Gasteiger partial charge is 0.461 e. The Morgan fingerprint density at radius 1 is 0.789 bits per heavy atom. The fraction of sp³-hybridized carbons (Fsp3) is 0.138. The van der Waals surface area contributed by atoms with Crippen LogP contribution in [-0.2, 0) is 14.3 Å². The van der Waals surface area contributed by atoms with Crippen molar-refractivity contribution in [2.45, 2.75) is 13.8 Å². The van der Waals surface area contributed by atoms with Gasteiger partial charge in [0, 0.05) is 16.5 Å². The first-order chi connectivity index (χ1) is 18.4. The Morgan fingerprint density at radius 3 is 2.05 bits per heavy atom. The molecule has 6 rings (SSSR count). The van der Waals surface area contributed by atoms with E-state index in [4.69, 9.17) is 9.47 Å². The van der Waals surface area contributed by atoms with Crippen LogP contribution in [0, 0.1) is 0 Å². The number of fused-ring (bicyclic) bond motifs is 6. The van der Waals surface area contributed by atoms with E-state index in [1.807, 2.05) is 30.3 Å². The van der Waals surface area contributed by atoms with Crippen molar-refractivity contribution in [1.82, 2.24) is 4.48 Å². The number of aromatic nitrogens is 1. The van der Waals surface area contributed by atoms with Gasteiger partial charge >= 0.3 is 18.9 Å². The number of benzene rings is 3. The maximum atomic E-state index is 17.0. The molecule has 0 saturated heterocycles. The van der Waals surface area contributed by atoms with Crippen molar-refractivity contribution < 1.29 is 32.2 Å². The van der Waals surface area contributed by atoms with Crippen LogP contribution in [0.5, 0.6) is 0 Å². The minimum atomic E-state index is -4.75. The second-order valence-electron chi connectivity index (χ2n) is 9.00. The van der Waals surface area contributed by atoms with E-state index in [2.05, 4.69) is 0 Å². The van der Waals surface area contributed by atoms with Crippen molar-refractivity contribution in [3.8, 4) is 0 Å². The molecule has 0 unspecified atom stereocenters. The molecule has 2 aliphatic heterocycles. The van der Waals surface area contributed by atoms with Crippen LogP contribution in [0.25, 0.3) is 22.0 Å². The maximum absolute atomic E-state index is 17.0. The highest BCUT2D eigenvalue weighted by Crippen LogP contribution is 2.49. The number of hydrogen-bond acceptors (Lipinski definition) is 4. The van der Waals surface area contributed by atoms with Gasteiger partial charge in [-0.25, -0.2) is 9.59 Å². The van der Waals surface area contributed by atoms with Crippen molar-refractivity contribution >= 4 is 46.7 Å². The van der Waals surface area contributed by atoms with Crippen molar-refractivity contribution in [2.24, 2.45) is 0 Å². The molecule has 190 valence electrons. The average molecular weight is 512 g/mol. The van der Waals surface area contributed by atoms with Gasteiger partial charge in [-0.2, -0.15) is 0 Å². The quantitative estimate of drug-likeness (QED) is 0.267. The van der Waals surface area contributed by atoms with Crippen molar-refractivity contribution in [3.63, 3.8) is 0 Å². The maximum Gasteiger partial charge on any atom is 0.738 e. The van der Waals surface area contributed by atoms with Gasteiger partial charge in [-0.05, 0) is 31.5 Å². The Kier molecular flexibility index (Phi) is 5.52. The van der Waals surface area contributed by atoms with Gasteiger partial charge in [0.05, 0.1) is 29.9 Å². The standard InChI is InChI=1S/C29H23BF2N2O4/c1-3-37-28(35)26-21-16-10-8-14-19(21)24-23(18-12-6-5-7-13-18)25-20-15-9-11-17-22(20)27(29(36)38-4-2)34(25)30(31,32)33(24)26/h5-17H,3-4H2,1-2H3. The van der Waals surface area contributed by atoms with E-state index in [-0.39, 0.29) is 36.0 Å². The second-order valence-corrected chi connectivity index (χ2v) is 9.00. The van der Waals surface area contributed by atoms with Crippen molar-refractivity contribution in [3.05, 3.63) is 107 Å². The van der Waals surface area contributed by atoms with E-state index >= 15 is 8.63 Å². The molecule has 1 aromatic heterocycles. The third-order valence-corrected chi connectivity index (χ3v) is 6.93. The molecule has 6 nitrogen and oxygen atoms in total. The van der Waals surface area contributed by atoms with Gasteiger partial charge in [0.2, 0.25) is 0 Å². The summed E-state index contributed by atoms with van der Waals surface area (Å²) < 4.78 is 46.2. The molecular formula is C29H23BF2N2O4.